The normalized spacial score (nSPS) is 15.5. The van der Waals surface area contributed by atoms with Crippen molar-refractivity contribution in [1.82, 2.24) is 0 Å². The maximum Gasteiger partial charge on any atom is 0.194 e. The summed E-state index contributed by atoms with van der Waals surface area (Å²) in [6.07, 6.45) is 1.01. The van der Waals surface area contributed by atoms with Crippen LogP contribution in [-0.4, -0.2) is 24.1 Å². The number of hydrogen-bond donors (Lipinski definition) is 0. The van der Waals surface area contributed by atoms with Gasteiger partial charge in [0.1, 0.15) is 0 Å². The van der Waals surface area contributed by atoms with Crippen molar-refractivity contribution in [3.8, 4) is 0 Å². The highest BCUT2D eigenvalue weighted by Crippen LogP contribution is 2.29. The summed E-state index contributed by atoms with van der Waals surface area (Å²) < 4.78 is 21.3. The zero-order valence-corrected chi connectivity index (χ0v) is 11.9. The Morgan fingerprint density at radius 3 is 2.12 bits per heavy atom. The van der Waals surface area contributed by atoms with E-state index < -0.39 is 19.3 Å². The van der Waals surface area contributed by atoms with Crippen LogP contribution in [0.5, 0.6) is 0 Å². The number of alkyl halides is 1. The number of sulfone groups is 1. The first kappa shape index (κ1) is 13.7. The van der Waals surface area contributed by atoms with Crippen LogP contribution >= 0.6 is 27.5 Å². The maximum absolute atomic E-state index is 12.0. The third-order valence-electron chi connectivity index (χ3n) is 2.21. The first-order valence-corrected chi connectivity index (χ1v) is 7.41. The Balaban J connectivity index is 3.18. The van der Waals surface area contributed by atoms with Gasteiger partial charge in [0.25, 0.3) is 0 Å². The average molecular weight is 326 g/mol. The number of benzene rings is 1. The number of Topliss-reactive ketones (excluding diaryl/α,β-unsaturated/α-hetero) is 1. The van der Waals surface area contributed by atoms with E-state index in [1.807, 2.05) is 0 Å². The first-order chi connectivity index (χ1) is 7.16. The summed E-state index contributed by atoms with van der Waals surface area (Å²) in [5.41, 5.74) is 0.300. The van der Waals surface area contributed by atoms with Crippen LogP contribution < -0.4 is 0 Å². The number of carbonyl (C=O) groups excluding carboxylic acids is 1. The summed E-state index contributed by atoms with van der Waals surface area (Å²) in [6.45, 7) is 1.32. The molecule has 0 heterocycles. The lowest BCUT2D eigenvalue weighted by Gasteiger charge is -2.18. The van der Waals surface area contributed by atoms with Gasteiger partial charge in [-0.25, -0.2) is 8.42 Å². The minimum absolute atomic E-state index is 0.300. The van der Waals surface area contributed by atoms with E-state index in [1.54, 1.807) is 12.1 Å². The summed E-state index contributed by atoms with van der Waals surface area (Å²) in [4.78, 5) is 12.0. The molecule has 6 heteroatoms. The topological polar surface area (TPSA) is 51.2 Å². The predicted molar refractivity (Wildman–Crippen MR) is 68.0 cm³/mol. The van der Waals surface area contributed by atoms with Gasteiger partial charge in [-0.2, -0.15) is 0 Å². The Kier molecular flexibility index (Phi) is 3.82. The average Bonchev–Trinajstić information content (AvgIpc) is 2.16. The first-order valence-electron chi connectivity index (χ1n) is 4.35. The van der Waals surface area contributed by atoms with E-state index in [0.29, 0.717) is 10.6 Å². The number of carbonyl (C=O) groups is 1. The lowest BCUT2D eigenvalue weighted by atomic mass is 10.1. The molecular formula is C10H10BrClO3S. The molecule has 1 unspecified atom stereocenters. The second kappa shape index (κ2) is 4.47. The molecule has 0 spiro atoms. The monoisotopic (exact) mass is 324 g/mol. The summed E-state index contributed by atoms with van der Waals surface area (Å²) in [5, 5.41) is 0.493. The van der Waals surface area contributed by atoms with Crippen molar-refractivity contribution in [3.63, 3.8) is 0 Å². The molecule has 0 aliphatic rings. The van der Waals surface area contributed by atoms with Crippen LogP contribution in [0.4, 0.5) is 0 Å². The van der Waals surface area contributed by atoms with Crippen LogP contribution in [0, 0.1) is 0 Å². The summed E-state index contributed by atoms with van der Waals surface area (Å²) in [7, 11) is -3.53. The van der Waals surface area contributed by atoms with E-state index in [-0.39, 0.29) is 0 Å². The molecule has 16 heavy (non-hydrogen) atoms. The Bertz CT molecular complexity index is 505. The molecule has 0 fully saturated rings. The Morgan fingerprint density at radius 1 is 1.31 bits per heavy atom. The lowest BCUT2D eigenvalue weighted by molar-refractivity contribution is 0.0983. The van der Waals surface area contributed by atoms with Crippen LogP contribution in [0.25, 0.3) is 0 Å². The Hall–Kier alpha value is -0.390. The van der Waals surface area contributed by atoms with E-state index in [2.05, 4.69) is 15.9 Å². The molecule has 1 aromatic carbocycles. The lowest BCUT2D eigenvalue weighted by Crippen LogP contribution is -2.36. The van der Waals surface area contributed by atoms with Crippen LogP contribution in [0.1, 0.15) is 17.3 Å². The molecule has 0 aliphatic carbocycles. The summed E-state index contributed by atoms with van der Waals surface area (Å²) in [5.74, 6) is -0.508. The number of rotatable bonds is 3. The Morgan fingerprint density at radius 2 is 1.75 bits per heavy atom. The van der Waals surface area contributed by atoms with Crippen LogP contribution in [0.2, 0.25) is 5.02 Å². The van der Waals surface area contributed by atoms with Gasteiger partial charge in [0.15, 0.2) is 19.3 Å². The van der Waals surface area contributed by atoms with Crippen LogP contribution in [-0.2, 0) is 9.84 Å². The minimum Gasteiger partial charge on any atom is -0.291 e. The highest BCUT2D eigenvalue weighted by atomic mass is 79.9. The fourth-order valence-electron chi connectivity index (χ4n) is 1.03. The molecule has 0 aliphatic heterocycles. The number of ketones is 1. The fraction of sp³-hybridized carbons (Fsp3) is 0.300. The van der Waals surface area contributed by atoms with Gasteiger partial charge in [-0.1, -0.05) is 27.5 Å². The Labute approximate surface area is 108 Å². The number of hydrogen-bond acceptors (Lipinski definition) is 3. The predicted octanol–water partition coefficient (Wildman–Crippen LogP) is 2.68. The maximum atomic E-state index is 12.0. The van der Waals surface area contributed by atoms with Crippen molar-refractivity contribution in [2.75, 3.05) is 6.26 Å². The highest BCUT2D eigenvalue weighted by molar-refractivity contribution is 9.12. The van der Waals surface area contributed by atoms with Crippen molar-refractivity contribution in [1.29, 1.82) is 0 Å². The van der Waals surface area contributed by atoms with E-state index in [9.17, 15) is 13.2 Å². The minimum atomic E-state index is -3.53. The smallest absolute Gasteiger partial charge is 0.194 e. The van der Waals surface area contributed by atoms with Crippen molar-refractivity contribution in [3.05, 3.63) is 34.9 Å². The van der Waals surface area contributed by atoms with E-state index in [0.717, 1.165) is 6.26 Å². The van der Waals surface area contributed by atoms with E-state index in [4.69, 9.17) is 11.6 Å². The highest BCUT2D eigenvalue weighted by Gasteiger charge is 2.41. The van der Waals surface area contributed by atoms with Gasteiger partial charge in [-0.3, -0.25) is 4.79 Å². The molecule has 0 bridgehead atoms. The molecule has 1 atom stereocenters. The summed E-state index contributed by atoms with van der Waals surface area (Å²) in [6, 6.07) is 6.07. The van der Waals surface area contributed by atoms with E-state index >= 15 is 0 Å². The summed E-state index contributed by atoms with van der Waals surface area (Å²) >= 11 is 8.63. The van der Waals surface area contributed by atoms with E-state index in [1.165, 1.54) is 19.1 Å². The zero-order valence-electron chi connectivity index (χ0n) is 8.70. The molecule has 0 amide bonds. The molecule has 0 N–H and O–H groups in total. The van der Waals surface area contributed by atoms with Gasteiger partial charge in [0.05, 0.1) is 0 Å². The quantitative estimate of drug-likeness (QED) is 0.634. The van der Waals surface area contributed by atoms with Gasteiger partial charge < -0.3 is 0 Å². The molecular weight excluding hydrogens is 316 g/mol. The van der Waals surface area contributed by atoms with Crippen LogP contribution in [0.15, 0.2) is 24.3 Å². The van der Waals surface area contributed by atoms with Crippen molar-refractivity contribution in [2.24, 2.45) is 0 Å². The number of halogens is 2. The molecule has 3 nitrogen and oxygen atoms in total. The standard InChI is InChI=1S/C10H10BrClO3S/c1-10(11,16(2,14)15)9(13)7-3-5-8(12)6-4-7/h3-6H,1-2H3. The fourth-order valence-corrected chi connectivity index (χ4v) is 1.84. The molecule has 0 saturated heterocycles. The second-order valence-corrected chi connectivity index (χ2v) is 8.43. The van der Waals surface area contributed by atoms with Crippen molar-refractivity contribution in [2.45, 2.75) is 10.6 Å². The van der Waals surface area contributed by atoms with Crippen molar-refractivity contribution >= 4 is 43.2 Å². The molecule has 0 aromatic heterocycles. The van der Waals surface area contributed by atoms with Crippen LogP contribution in [0.3, 0.4) is 0 Å². The van der Waals surface area contributed by atoms with Gasteiger partial charge in [-0.15, -0.1) is 0 Å². The second-order valence-electron chi connectivity index (χ2n) is 3.52. The third-order valence-corrected chi connectivity index (χ3v) is 6.16. The molecule has 0 radical (unpaired) electrons. The molecule has 1 aromatic rings. The molecule has 0 saturated carbocycles. The van der Waals surface area contributed by atoms with Gasteiger partial charge in [0.2, 0.25) is 0 Å². The third kappa shape index (κ3) is 2.64. The molecule has 88 valence electrons. The van der Waals surface area contributed by atoms with Gasteiger partial charge in [0, 0.05) is 16.8 Å². The zero-order chi connectivity index (χ0) is 12.6. The largest absolute Gasteiger partial charge is 0.291 e. The van der Waals surface area contributed by atoms with Crippen molar-refractivity contribution < 1.29 is 13.2 Å². The van der Waals surface area contributed by atoms with Gasteiger partial charge >= 0.3 is 0 Å². The SMILES string of the molecule is CC(Br)(C(=O)c1ccc(Cl)cc1)S(C)(=O)=O. The van der Waals surface area contributed by atoms with Gasteiger partial charge in [-0.05, 0) is 31.2 Å². The molecule has 1 rings (SSSR count).